The highest BCUT2D eigenvalue weighted by Gasteiger charge is 2.19. The van der Waals surface area contributed by atoms with Gasteiger partial charge in [-0.3, -0.25) is 0 Å². The van der Waals surface area contributed by atoms with Gasteiger partial charge < -0.3 is 5.73 Å². The molecule has 72 valence electrons. The standard InChI is InChI=1S/C12H14N2/c13-8-10-5-6-11(14)7-12(10)9-3-1-2-4-9/h5-7,9H,1-4,14H2. The van der Waals surface area contributed by atoms with E-state index in [9.17, 15) is 0 Å². The first-order chi connectivity index (χ1) is 6.81. The lowest BCUT2D eigenvalue weighted by molar-refractivity contribution is 0.721. The van der Waals surface area contributed by atoms with E-state index in [2.05, 4.69) is 6.07 Å². The van der Waals surface area contributed by atoms with Gasteiger partial charge in [-0.1, -0.05) is 12.8 Å². The molecule has 0 aromatic heterocycles. The number of nitrogens with two attached hydrogens (primary N) is 1. The number of anilines is 1. The van der Waals surface area contributed by atoms with Crippen LogP contribution < -0.4 is 5.73 Å². The molecule has 1 aromatic rings. The smallest absolute Gasteiger partial charge is 0.0994 e. The van der Waals surface area contributed by atoms with E-state index in [1.54, 1.807) is 6.07 Å². The van der Waals surface area contributed by atoms with Gasteiger partial charge >= 0.3 is 0 Å². The minimum absolute atomic E-state index is 0.563. The average Bonchev–Trinajstić information content (AvgIpc) is 2.70. The van der Waals surface area contributed by atoms with Crippen LogP contribution in [0.15, 0.2) is 18.2 Å². The van der Waals surface area contributed by atoms with Gasteiger partial charge in [0.05, 0.1) is 11.6 Å². The van der Waals surface area contributed by atoms with Crippen LogP contribution in [-0.4, -0.2) is 0 Å². The second-order valence-corrected chi connectivity index (χ2v) is 3.94. The Hall–Kier alpha value is -1.49. The number of hydrogen-bond donors (Lipinski definition) is 1. The molecule has 14 heavy (non-hydrogen) atoms. The minimum atomic E-state index is 0.563. The largest absolute Gasteiger partial charge is 0.399 e. The number of rotatable bonds is 1. The molecule has 1 saturated carbocycles. The van der Waals surface area contributed by atoms with Crippen LogP contribution in [0.3, 0.4) is 0 Å². The average molecular weight is 186 g/mol. The fourth-order valence-corrected chi connectivity index (χ4v) is 2.26. The van der Waals surface area contributed by atoms with E-state index in [4.69, 9.17) is 11.0 Å². The summed E-state index contributed by atoms with van der Waals surface area (Å²) in [5.74, 6) is 0.563. The number of benzene rings is 1. The summed E-state index contributed by atoms with van der Waals surface area (Å²) in [4.78, 5) is 0. The van der Waals surface area contributed by atoms with Crippen molar-refractivity contribution >= 4 is 5.69 Å². The molecular formula is C12H14N2. The zero-order valence-electron chi connectivity index (χ0n) is 8.16. The third kappa shape index (κ3) is 1.58. The quantitative estimate of drug-likeness (QED) is 0.685. The van der Waals surface area contributed by atoms with Gasteiger partial charge in [0.25, 0.3) is 0 Å². The molecule has 2 N–H and O–H groups in total. The maximum atomic E-state index is 8.98. The first-order valence-corrected chi connectivity index (χ1v) is 5.11. The van der Waals surface area contributed by atoms with Crippen LogP contribution in [0.1, 0.15) is 42.7 Å². The van der Waals surface area contributed by atoms with Crippen molar-refractivity contribution in [3.63, 3.8) is 0 Å². The molecule has 0 aliphatic heterocycles. The maximum absolute atomic E-state index is 8.98. The Labute approximate surface area is 84.3 Å². The summed E-state index contributed by atoms with van der Waals surface area (Å²) in [7, 11) is 0. The van der Waals surface area contributed by atoms with Gasteiger partial charge in [-0.25, -0.2) is 0 Å². The fourth-order valence-electron chi connectivity index (χ4n) is 2.26. The molecule has 0 unspecified atom stereocenters. The Morgan fingerprint density at radius 1 is 1.29 bits per heavy atom. The van der Waals surface area contributed by atoms with Crippen molar-refractivity contribution in [1.82, 2.24) is 0 Å². The van der Waals surface area contributed by atoms with Crippen molar-refractivity contribution in [1.29, 1.82) is 5.26 Å². The summed E-state index contributed by atoms with van der Waals surface area (Å²) < 4.78 is 0. The molecule has 0 atom stereocenters. The monoisotopic (exact) mass is 186 g/mol. The molecule has 2 nitrogen and oxygen atoms in total. The van der Waals surface area contributed by atoms with E-state index >= 15 is 0 Å². The van der Waals surface area contributed by atoms with Crippen molar-refractivity contribution in [2.45, 2.75) is 31.6 Å². The summed E-state index contributed by atoms with van der Waals surface area (Å²) in [5, 5.41) is 8.98. The molecule has 0 amide bonds. The molecular weight excluding hydrogens is 172 g/mol. The molecule has 1 aliphatic carbocycles. The van der Waals surface area contributed by atoms with Gasteiger partial charge in [0.1, 0.15) is 0 Å². The van der Waals surface area contributed by atoms with Crippen LogP contribution in [0.5, 0.6) is 0 Å². The van der Waals surface area contributed by atoms with E-state index < -0.39 is 0 Å². The first-order valence-electron chi connectivity index (χ1n) is 5.11. The first kappa shape index (κ1) is 9.08. The van der Waals surface area contributed by atoms with Crippen LogP contribution in [0.2, 0.25) is 0 Å². The topological polar surface area (TPSA) is 49.8 Å². The predicted octanol–water partition coefficient (Wildman–Crippen LogP) is 2.80. The fraction of sp³-hybridized carbons (Fsp3) is 0.417. The molecule has 0 saturated heterocycles. The van der Waals surface area contributed by atoms with Crippen LogP contribution in [0.25, 0.3) is 0 Å². The van der Waals surface area contributed by atoms with Crippen molar-refractivity contribution in [2.24, 2.45) is 0 Å². The van der Waals surface area contributed by atoms with E-state index in [0.29, 0.717) is 5.92 Å². The predicted molar refractivity (Wildman–Crippen MR) is 56.8 cm³/mol. The molecule has 1 aromatic carbocycles. The van der Waals surface area contributed by atoms with Crippen LogP contribution in [-0.2, 0) is 0 Å². The SMILES string of the molecule is N#Cc1ccc(N)cc1C1CCCC1. The summed E-state index contributed by atoms with van der Waals surface area (Å²) in [5.41, 5.74) is 8.46. The van der Waals surface area contributed by atoms with Crippen molar-refractivity contribution < 1.29 is 0 Å². The number of nitrogen functional groups attached to an aromatic ring is 1. The number of nitriles is 1. The Bertz CT molecular complexity index is 370. The number of hydrogen-bond acceptors (Lipinski definition) is 2. The second-order valence-electron chi connectivity index (χ2n) is 3.94. The van der Waals surface area contributed by atoms with Gasteiger partial charge in [0.2, 0.25) is 0 Å². The lowest BCUT2D eigenvalue weighted by atomic mass is 9.93. The Kier molecular flexibility index (Phi) is 2.41. The normalized spacial score (nSPS) is 16.8. The Balaban J connectivity index is 2.39. The molecule has 1 aliphatic rings. The summed E-state index contributed by atoms with van der Waals surface area (Å²) in [6.07, 6.45) is 4.98. The summed E-state index contributed by atoms with van der Waals surface area (Å²) in [6, 6.07) is 7.85. The molecule has 1 fully saturated rings. The van der Waals surface area contributed by atoms with Gasteiger partial charge in [-0.2, -0.15) is 5.26 Å². The molecule has 0 bridgehead atoms. The zero-order chi connectivity index (χ0) is 9.97. The van der Waals surface area contributed by atoms with Crippen LogP contribution >= 0.6 is 0 Å². The zero-order valence-corrected chi connectivity index (χ0v) is 8.16. The molecule has 2 rings (SSSR count). The van der Waals surface area contributed by atoms with E-state index in [0.717, 1.165) is 16.8 Å². The minimum Gasteiger partial charge on any atom is -0.399 e. The lowest BCUT2D eigenvalue weighted by Gasteiger charge is -2.11. The lowest BCUT2D eigenvalue weighted by Crippen LogP contribution is -1.98. The van der Waals surface area contributed by atoms with E-state index in [1.807, 2.05) is 12.1 Å². The van der Waals surface area contributed by atoms with Crippen LogP contribution in [0.4, 0.5) is 5.69 Å². The summed E-state index contributed by atoms with van der Waals surface area (Å²) >= 11 is 0. The van der Waals surface area contributed by atoms with Gasteiger partial charge in [-0.05, 0) is 42.5 Å². The third-order valence-corrected chi connectivity index (χ3v) is 2.99. The van der Waals surface area contributed by atoms with E-state index in [-0.39, 0.29) is 0 Å². The second kappa shape index (κ2) is 3.71. The molecule has 2 heteroatoms. The van der Waals surface area contributed by atoms with Crippen molar-refractivity contribution in [3.8, 4) is 6.07 Å². The highest BCUT2D eigenvalue weighted by Crippen LogP contribution is 2.36. The highest BCUT2D eigenvalue weighted by molar-refractivity contribution is 5.50. The van der Waals surface area contributed by atoms with E-state index in [1.165, 1.54) is 25.7 Å². The van der Waals surface area contributed by atoms with Crippen LogP contribution in [0, 0.1) is 11.3 Å². The highest BCUT2D eigenvalue weighted by atomic mass is 14.5. The third-order valence-electron chi connectivity index (χ3n) is 2.99. The molecule has 0 radical (unpaired) electrons. The van der Waals surface area contributed by atoms with Crippen molar-refractivity contribution in [2.75, 3.05) is 5.73 Å². The molecule has 0 spiro atoms. The van der Waals surface area contributed by atoms with Gasteiger partial charge in [0, 0.05) is 5.69 Å². The van der Waals surface area contributed by atoms with Gasteiger partial charge in [-0.15, -0.1) is 0 Å². The number of nitrogens with zero attached hydrogens (tertiary/aromatic N) is 1. The summed E-state index contributed by atoms with van der Waals surface area (Å²) in [6.45, 7) is 0. The van der Waals surface area contributed by atoms with Gasteiger partial charge in [0.15, 0.2) is 0 Å². The maximum Gasteiger partial charge on any atom is 0.0994 e. The Morgan fingerprint density at radius 2 is 2.00 bits per heavy atom. The molecule has 0 heterocycles. The van der Waals surface area contributed by atoms with Crippen molar-refractivity contribution in [3.05, 3.63) is 29.3 Å². The Morgan fingerprint density at radius 3 is 2.64 bits per heavy atom.